The van der Waals surface area contributed by atoms with Crippen molar-refractivity contribution in [3.8, 4) is 0 Å². The molecule has 3 N–H and O–H groups in total. The predicted octanol–water partition coefficient (Wildman–Crippen LogP) is 1.40. The van der Waals surface area contributed by atoms with E-state index in [2.05, 4.69) is 10.2 Å². The highest BCUT2D eigenvalue weighted by Crippen LogP contribution is 2.42. The minimum Gasteiger partial charge on any atom is -0.325 e. The van der Waals surface area contributed by atoms with Crippen LogP contribution in [0.4, 0.5) is 0 Å². The van der Waals surface area contributed by atoms with E-state index in [-0.39, 0.29) is 0 Å². The quantitative estimate of drug-likeness (QED) is 0.707. The maximum atomic E-state index is 5.99. The van der Waals surface area contributed by atoms with Gasteiger partial charge in [0.05, 0.1) is 16.4 Å². The minimum atomic E-state index is 0.443. The van der Waals surface area contributed by atoms with E-state index in [0.717, 1.165) is 16.4 Å². The first-order valence-corrected chi connectivity index (χ1v) is 4.13. The second-order valence-corrected chi connectivity index (χ2v) is 3.26. The molecule has 0 aliphatic heterocycles. The average molecular weight is 172 g/mol. The van der Waals surface area contributed by atoms with Crippen LogP contribution >= 0.6 is 11.6 Å². The van der Waals surface area contributed by atoms with Crippen molar-refractivity contribution >= 4 is 11.6 Å². The number of rotatable bonds is 2. The van der Waals surface area contributed by atoms with Gasteiger partial charge in [-0.1, -0.05) is 11.6 Å². The topological polar surface area (TPSA) is 54.7 Å². The van der Waals surface area contributed by atoms with Crippen LogP contribution in [0.25, 0.3) is 0 Å². The summed E-state index contributed by atoms with van der Waals surface area (Å²) in [5.41, 5.74) is 7.29. The molecule has 4 heteroatoms. The Labute approximate surface area is 69.9 Å². The van der Waals surface area contributed by atoms with Crippen molar-refractivity contribution in [1.82, 2.24) is 10.2 Å². The van der Waals surface area contributed by atoms with Crippen molar-refractivity contribution in [3.63, 3.8) is 0 Å². The zero-order valence-corrected chi connectivity index (χ0v) is 6.86. The Balaban J connectivity index is 2.33. The lowest BCUT2D eigenvalue weighted by Gasteiger charge is -1.91. The first kappa shape index (κ1) is 7.13. The molecule has 3 nitrogen and oxygen atoms in total. The summed E-state index contributed by atoms with van der Waals surface area (Å²) in [4.78, 5) is 0. The van der Waals surface area contributed by atoms with E-state index in [4.69, 9.17) is 17.3 Å². The molecule has 0 spiro atoms. The molecular formula is C7H10ClN3. The molecule has 1 aliphatic rings. The first-order valence-electron chi connectivity index (χ1n) is 3.75. The first-order chi connectivity index (χ1) is 5.33. The highest BCUT2D eigenvalue weighted by atomic mass is 35.5. The lowest BCUT2D eigenvalue weighted by atomic mass is 10.2. The Morgan fingerprint density at radius 3 is 2.82 bits per heavy atom. The predicted molar refractivity (Wildman–Crippen MR) is 43.5 cm³/mol. The highest BCUT2D eigenvalue weighted by Gasteiger charge is 2.29. The van der Waals surface area contributed by atoms with Gasteiger partial charge in [0.25, 0.3) is 0 Å². The fraction of sp³-hybridized carbons (Fsp3) is 0.571. The second kappa shape index (κ2) is 2.50. The van der Waals surface area contributed by atoms with Gasteiger partial charge in [0.2, 0.25) is 0 Å². The molecule has 0 aromatic carbocycles. The van der Waals surface area contributed by atoms with Gasteiger partial charge in [-0.25, -0.2) is 0 Å². The monoisotopic (exact) mass is 171 g/mol. The molecule has 1 aliphatic carbocycles. The Kier molecular flexibility index (Phi) is 1.62. The van der Waals surface area contributed by atoms with Gasteiger partial charge in [0, 0.05) is 12.5 Å². The van der Waals surface area contributed by atoms with E-state index in [1.807, 2.05) is 0 Å². The van der Waals surface area contributed by atoms with Gasteiger partial charge in [-0.2, -0.15) is 5.10 Å². The summed E-state index contributed by atoms with van der Waals surface area (Å²) in [5, 5.41) is 7.70. The van der Waals surface area contributed by atoms with Crippen LogP contribution in [0.15, 0.2) is 0 Å². The number of H-pyrrole nitrogens is 1. The summed E-state index contributed by atoms with van der Waals surface area (Å²) in [6, 6.07) is 0. The molecule has 60 valence electrons. The Hall–Kier alpha value is -0.540. The molecule has 0 saturated heterocycles. The maximum Gasteiger partial charge on any atom is 0.0863 e. The van der Waals surface area contributed by atoms with Crippen molar-refractivity contribution < 1.29 is 0 Å². The maximum absolute atomic E-state index is 5.99. The Morgan fingerprint density at radius 1 is 1.64 bits per heavy atom. The van der Waals surface area contributed by atoms with Gasteiger partial charge in [-0.05, 0) is 12.8 Å². The number of hydrogen-bond donors (Lipinski definition) is 2. The van der Waals surface area contributed by atoms with Crippen LogP contribution in [0.1, 0.15) is 30.1 Å². The molecule has 1 aromatic heterocycles. The van der Waals surface area contributed by atoms with E-state index in [1.54, 1.807) is 0 Å². The summed E-state index contributed by atoms with van der Waals surface area (Å²) in [6.07, 6.45) is 2.43. The number of nitrogens with one attached hydrogen (secondary N) is 1. The van der Waals surface area contributed by atoms with Gasteiger partial charge < -0.3 is 5.73 Å². The lowest BCUT2D eigenvalue weighted by molar-refractivity contribution is 0.918. The number of aromatic nitrogens is 2. The van der Waals surface area contributed by atoms with E-state index < -0.39 is 0 Å². The van der Waals surface area contributed by atoms with E-state index in [9.17, 15) is 0 Å². The van der Waals surface area contributed by atoms with Crippen molar-refractivity contribution in [2.24, 2.45) is 5.73 Å². The van der Waals surface area contributed by atoms with E-state index in [0.29, 0.717) is 12.5 Å². The van der Waals surface area contributed by atoms with Crippen LogP contribution in [0.3, 0.4) is 0 Å². The molecule has 1 aromatic rings. The fourth-order valence-corrected chi connectivity index (χ4v) is 1.46. The van der Waals surface area contributed by atoms with Crippen LogP contribution in [0.2, 0.25) is 5.02 Å². The van der Waals surface area contributed by atoms with E-state index >= 15 is 0 Å². The molecular weight excluding hydrogens is 162 g/mol. The third-order valence-corrected chi connectivity index (χ3v) is 2.39. The Morgan fingerprint density at radius 2 is 2.36 bits per heavy atom. The zero-order valence-electron chi connectivity index (χ0n) is 6.10. The van der Waals surface area contributed by atoms with Gasteiger partial charge in [-0.3, -0.25) is 5.10 Å². The molecule has 0 atom stereocenters. The van der Waals surface area contributed by atoms with Gasteiger partial charge in [0.15, 0.2) is 0 Å². The average Bonchev–Trinajstić information content (AvgIpc) is 2.77. The highest BCUT2D eigenvalue weighted by molar-refractivity contribution is 6.32. The molecule has 0 bridgehead atoms. The number of hydrogen-bond acceptors (Lipinski definition) is 2. The van der Waals surface area contributed by atoms with Crippen molar-refractivity contribution in [1.29, 1.82) is 0 Å². The number of aromatic amines is 1. The summed E-state index contributed by atoms with van der Waals surface area (Å²) in [5.74, 6) is 0.596. The molecule has 0 radical (unpaired) electrons. The van der Waals surface area contributed by atoms with Crippen LogP contribution in [0, 0.1) is 0 Å². The smallest absolute Gasteiger partial charge is 0.0863 e. The largest absolute Gasteiger partial charge is 0.325 e. The normalized spacial score (nSPS) is 17.3. The summed E-state index contributed by atoms with van der Waals surface area (Å²) in [6.45, 7) is 0.443. The van der Waals surface area contributed by atoms with Gasteiger partial charge in [-0.15, -0.1) is 0 Å². The number of halogens is 1. The number of nitrogens with zero attached hydrogens (tertiary/aromatic N) is 1. The van der Waals surface area contributed by atoms with Crippen LogP contribution in [-0.4, -0.2) is 10.2 Å². The van der Waals surface area contributed by atoms with E-state index in [1.165, 1.54) is 12.8 Å². The molecule has 0 unspecified atom stereocenters. The molecule has 0 amide bonds. The van der Waals surface area contributed by atoms with Crippen molar-refractivity contribution in [3.05, 3.63) is 16.4 Å². The number of nitrogens with two attached hydrogens (primary N) is 1. The molecule has 11 heavy (non-hydrogen) atoms. The molecule has 1 heterocycles. The minimum absolute atomic E-state index is 0.443. The fourth-order valence-electron chi connectivity index (χ4n) is 1.14. The third-order valence-electron chi connectivity index (χ3n) is 1.97. The SMILES string of the molecule is NCc1[nH]nc(C2CC2)c1Cl. The van der Waals surface area contributed by atoms with Crippen LogP contribution < -0.4 is 5.73 Å². The third kappa shape index (κ3) is 1.14. The van der Waals surface area contributed by atoms with Gasteiger partial charge >= 0.3 is 0 Å². The van der Waals surface area contributed by atoms with Crippen molar-refractivity contribution in [2.45, 2.75) is 25.3 Å². The molecule has 1 saturated carbocycles. The lowest BCUT2D eigenvalue weighted by Crippen LogP contribution is -1.96. The zero-order chi connectivity index (χ0) is 7.84. The Bertz CT molecular complexity index is 265. The summed E-state index contributed by atoms with van der Waals surface area (Å²) < 4.78 is 0. The second-order valence-electron chi connectivity index (χ2n) is 2.88. The van der Waals surface area contributed by atoms with Gasteiger partial charge in [0.1, 0.15) is 0 Å². The van der Waals surface area contributed by atoms with Crippen molar-refractivity contribution in [2.75, 3.05) is 0 Å². The van der Waals surface area contributed by atoms with Crippen LogP contribution in [0.5, 0.6) is 0 Å². The molecule has 2 rings (SSSR count). The van der Waals surface area contributed by atoms with Crippen LogP contribution in [-0.2, 0) is 6.54 Å². The molecule has 1 fully saturated rings. The standard InChI is InChI=1S/C7H10ClN3/c8-6-5(3-9)10-11-7(6)4-1-2-4/h4H,1-3,9H2,(H,10,11). The summed E-state index contributed by atoms with van der Waals surface area (Å²) >= 11 is 5.99. The summed E-state index contributed by atoms with van der Waals surface area (Å²) in [7, 11) is 0.